The van der Waals surface area contributed by atoms with Gasteiger partial charge in [-0.25, -0.2) is 8.42 Å². The monoisotopic (exact) mass is 325 g/mol. The largest absolute Gasteiger partial charge is 0.508 e. The summed E-state index contributed by atoms with van der Waals surface area (Å²) >= 11 is 0. The van der Waals surface area contributed by atoms with E-state index in [0.29, 0.717) is 18.4 Å². The van der Waals surface area contributed by atoms with E-state index in [1.807, 2.05) is 12.1 Å². The SMILES string of the molecule is CCS(=O)(=O)CCN1CC[C@H](C)[C@@H](C)C1c1cccc(O)c1. The Morgan fingerprint density at radius 1 is 1.32 bits per heavy atom. The summed E-state index contributed by atoms with van der Waals surface area (Å²) in [5.74, 6) is 1.69. The van der Waals surface area contributed by atoms with Crippen LogP contribution in [0.4, 0.5) is 0 Å². The number of sulfone groups is 1. The van der Waals surface area contributed by atoms with Gasteiger partial charge in [-0.05, 0) is 42.5 Å². The predicted molar refractivity (Wildman–Crippen MR) is 89.7 cm³/mol. The number of phenolic OH excluding ortho intramolecular Hbond substituents is 1. The molecule has 1 fully saturated rings. The van der Waals surface area contributed by atoms with Crippen LogP contribution >= 0.6 is 0 Å². The Kier molecular flexibility index (Phi) is 5.50. The lowest BCUT2D eigenvalue weighted by molar-refractivity contribution is 0.0687. The molecule has 124 valence electrons. The molecule has 1 aromatic rings. The highest BCUT2D eigenvalue weighted by molar-refractivity contribution is 7.91. The number of hydrogen-bond donors (Lipinski definition) is 1. The van der Waals surface area contributed by atoms with E-state index in [2.05, 4.69) is 18.7 Å². The van der Waals surface area contributed by atoms with Crippen LogP contribution in [-0.2, 0) is 9.84 Å². The summed E-state index contributed by atoms with van der Waals surface area (Å²) in [7, 11) is -2.95. The third-order valence-corrected chi connectivity index (χ3v) is 6.69. The van der Waals surface area contributed by atoms with E-state index in [-0.39, 0.29) is 23.3 Å². The van der Waals surface area contributed by atoms with Crippen LogP contribution < -0.4 is 0 Å². The van der Waals surface area contributed by atoms with Crippen molar-refractivity contribution >= 4 is 9.84 Å². The minimum Gasteiger partial charge on any atom is -0.508 e. The number of likely N-dealkylation sites (tertiary alicyclic amines) is 1. The molecular formula is C17H27NO3S. The average Bonchev–Trinajstić information content (AvgIpc) is 2.48. The van der Waals surface area contributed by atoms with Crippen LogP contribution in [0.1, 0.15) is 38.8 Å². The molecule has 1 saturated heterocycles. The summed E-state index contributed by atoms with van der Waals surface area (Å²) in [5, 5.41) is 9.76. The van der Waals surface area contributed by atoms with Crippen LogP contribution in [0.15, 0.2) is 24.3 Å². The maximum atomic E-state index is 11.8. The van der Waals surface area contributed by atoms with Crippen molar-refractivity contribution in [2.75, 3.05) is 24.6 Å². The molecule has 0 aliphatic carbocycles. The summed E-state index contributed by atoms with van der Waals surface area (Å²) in [4.78, 5) is 2.27. The molecule has 2 rings (SSSR count). The molecule has 0 saturated carbocycles. The van der Waals surface area contributed by atoms with Crippen LogP contribution in [0, 0.1) is 11.8 Å². The second-order valence-electron chi connectivity index (χ2n) is 6.44. The van der Waals surface area contributed by atoms with Gasteiger partial charge >= 0.3 is 0 Å². The summed E-state index contributed by atoms with van der Waals surface area (Å²) < 4.78 is 23.6. The fourth-order valence-electron chi connectivity index (χ4n) is 3.29. The molecule has 5 heteroatoms. The topological polar surface area (TPSA) is 57.6 Å². The first-order valence-corrected chi connectivity index (χ1v) is 9.89. The second kappa shape index (κ2) is 7.01. The van der Waals surface area contributed by atoms with Gasteiger partial charge in [-0.2, -0.15) is 0 Å². The maximum Gasteiger partial charge on any atom is 0.151 e. The number of piperidine rings is 1. The van der Waals surface area contributed by atoms with Gasteiger partial charge in [-0.15, -0.1) is 0 Å². The zero-order valence-electron chi connectivity index (χ0n) is 13.7. The molecule has 1 N–H and O–H groups in total. The number of aromatic hydroxyl groups is 1. The summed E-state index contributed by atoms with van der Waals surface area (Å²) in [6.07, 6.45) is 1.09. The zero-order valence-corrected chi connectivity index (χ0v) is 14.5. The van der Waals surface area contributed by atoms with E-state index in [4.69, 9.17) is 0 Å². The Hall–Kier alpha value is -1.07. The standard InChI is InChI=1S/C17H27NO3S/c1-4-22(20,21)11-10-18-9-8-13(2)14(3)17(18)15-6-5-7-16(19)12-15/h5-7,12-14,17,19H,4,8-11H2,1-3H3/t13-,14+,17?/m0/s1. The quantitative estimate of drug-likeness (QED) is 0.904. The molecule has 22 heavy (non-hydrogen) atoms. The van der Waals surface area contributed by atoms with E-state index >= 15 is 0 Å². The number of benzene rings is 1. The summed E-state index contributed by atoms with van der Waals surface area (Å²) in [6, 6.07) is 7.54. The van der Waals surface area contributed by atoms with E-state index in [0.717, 1.165) is 18.5 Å². The Morgan fingerprint density at radius 3 is 2.68 bits per heavy atom. The first-order chi connectivity index (χ1) is 10.3. The van der Waals surface area contributed by atoms with Gasteiger partial charge in [0.2, 0.25) is 0 Å². The van der Waals surface area contributed by atoms with Crippen LogP contribution in [0.25, 0.3) is 0 Å². The highest BCUT2D eigenvalue weighted by Crippen LogP contribution is 2.39. The smallest absolute Gasteiger partial charge is 0.151 e. The fraction of sp³-hybridized carbons (Fsp3) is 0.647. The number of rotatable bonds is 5. The molecule has 0 spiro atoms. The third kappa shape index (κ3) is 4.02. The third-order valence-electron chi connectivity index (χ3n) is 5.00. The van der Waals surface area contributed by atoms with E-state index in [1.54, 1.807) is 19.1 Å². The Labute approximate surface area is 134 Å². The second-order valence-corrected chi connectivity index (χ2v) is 8.91. The van der Waals surface area contributed by atoms with Gasteiger partial charge in [0.1, 0.15) is 5.75 Å². The molecule has 0 aromatic heterocycles. The lowest BCUT2D eigenvalue weighted by Gasteiger charge is -2.43. The molecule has 3 atom stereocenters. The van der Waals surface area contributed by atoms with Crippen molar-refractivity contribution in [1.82, 2.24) is 4.90 Å². The summed E-state index contributed by atoms with van der Waals surface area (Å²) in [6.45, 7) is 7.64. The van der Waals surface area contributed by atoms with Gasteiger partial charge in [-0.1, -0.05) is 32.9 Å². The van der Waals surface area contributed by atoms with Crippen molar-refractivity contribution in [3.8, 4) is 5.75 Å². The van der Waals surface area contributed by atoms with Gasteiger partial charge in [0.25, 0.3) is 0 Å². The van der Waals surface area contributed by atoms with Crippen molar-refractivity contribution < 1.29 is 13.5 Å². The van der Waals surface area contributed by atoms with Crippen LogP contribution in [0.3, 0.4) is 0 Å². The minimum absolute atomic E-state index is 0.169. The lowest BCUT2D eigenvalue weighted by atomic mass is 9.79. The molecule has 0 amide bonds. The highest BCUT2D eigenvalue weighted by atomic mass is 32.2. The van der Waals surface area contributed by atoms with Crippen LogP contribution in [-0.4, -0.2) is 43.0 Å². The van der Waals surface area contributed by atoms with Crippen molar-refractivity contribution in [3.63, 3.8) is 0 Å². The fourth-order valence-corrected chi connectivity index (χ4v) is 4.09. The minimum atomic E-state index is -2.95. The predicted octanol–water partition coefficient (Wildman–Crippen LogP) is 2.85. The number of nitrogens with zero attached hydrogens (tertiary/aromatic N) is 1. The van der Waals surface area contributed by atoms with Gasteiger partial charge in [0, 0.05) is 18.3 Å². The highest BCUT2D eigenvalue weighted by Gasteiger charge is 2.34. The molecule has 1 aliphatic rings. The Morgan fingerprint density at radius 2 is 2.05 bits per heavy atom. The molecule has 1 heterocycles. The number of phenols is 1. The molecular weight excluding hydrogens is 298 g/mol. The van der Waals surface area contributed by atoms with Gasteiger partial charge < -0.3 is 5.11 Å². The molecule has 0 bridgehead atoms. The molecule has 4 nitrogen and oxygen atoms in total. The maximum absolute atomic E-state index is 11.8. The zero-order chi connectivity index (χ0) is 16.3. The van der Waals surface area contributed by atoms with E-state index in [9.17, 15) is 13.5 Å². The van der Waals surface area contributed by atoms with Gasteiger partial charge in [-0.3, -0.25) is 4.90 Å². The normalized spacial score (nSPS) is 27.0. The van der Waals surface area contributed by atoms with Crippen LogP contribution in [0.2, 0.25) is 0 Å². The number of hydrogen-bond acceptors (Lipinski definition) is 4. The average molecular weight is 325 g/mol. The first-order valence-electron chi connectivity index (χ1n) is 8.07. The van der Waals surface area contributed by atoms with Crippen LogP contribution in [0.5, 0.6) is 5.75 Å². The van der Waals surface area contributed by atoms with Crippen molar-refractivity contribution in [1.29, 1.82) is 0 Å². The first kappa shape index (κ1) is 17.3. The van der Waals surface area contributed by atoms with Crippen molar-refractivity contribution in [2.24, 2.45) is 11.8 Å². The Balaban J connectivity index is 2.22. The van der Waals surface area contributed by atoms with E-state index < -0.39 is 9.84 Å². The van der Waals surface area contributed by atoms with E-state index in [1.165, 1.54) is 0 Å². The molecule has 1 aromatic carbocycles. The van der Waals surface area contributed by atoms with Crippen molar-refractivity contribution in [3.05, 3.63) is 29.8 Å². The van der Waals surface area contributed by atoms with Gasteiger partial charge in [0.15, 0.2) is 9.84 Å². The van der Waals surface area contributed by atoms with Gasteiger partial charge in [0.05, 0.1) is 5.75 Å². The molecule has 1 aliphatic heterocycles. The lowest BCUT2D eigenvalue weighted by Crippen LogP contribution is -2.43. The Bertz CT molecular complexity index is 600. The summed E-state index contributed by atoms with van der Waals surface area (Å²) in [5.41, 5.74) is 1.08. The molecule has 1 unspecified atom stereocenters. The molecule has 0 radical (unpaired) electrons. The van der Waals surface area contributed by atoms with Crippen molar-refractivity contribution in [2.45, 2.75) is 33.2 Å².